The molecule has 4 saturated carbocycles. The molecule has 4 aliphatic carbocycles. The van der Waals surface area contributed by atoms with Crippen molar-refractivity contribution in [3.05, 3.63) is 24.2 Å². The third-order valence-corrected chi connectivity index (χ3v) is 5.97. The molecular weight excluding hydrogens is 260 g/mol. The Bertz CT molecular complexity index is 606. The highest BCUT2D eigenvalue weighted by Gasteiger charge is 2.50. The van der Waals surface area contributed by atoms with Crippen LogP contribution in [0.25, 0.3) is 11.2 Å². The predicted octanol–water partition coefficient (Wildman–Crippen LogP) is 3.02. The van der Waals surface area contributed by atoms with Gasteiger partial charge in [0.15, 0.2) is 5.65 Å². The molecule has 6 rings (SSSR count). The molecule has 2 N–H and O–H groups in total. The molecule has 4 heteroatoms. The number of hydrogen-bond acceptors (Lipinski definition) is 3. The van der Waals surface area contributed by atoms with E-state index in [0.717, 1.165) is 41.3 Å². The first-order valence-corrected chi connectivity index (χ1v) is 8.33. The van der Waals surface area contributed by atoms with E-state index in [9.17, 15) is 0 Å². The van der Waals surface area contributed by atoms with E-state index in [1.807, 2.05) is 18.3 Å². The zero-order valence-corrected chi connectivity index (χ0v) is 12.3. The number of nitrogens with zero attached hydrogens (tertiary/aromatic N) is 2. The minimum Gasteiger partial charge on any atom is -0.326 e. The summed E-state index contributed by atoms with van der Waals surface area (Å²) in [5.41, 5.74) is 2.28. The fourth-order valence-electron chi connectivity index (χ4n) is 5.58. The van der Waals surface area contributed by atoms with E-state index in [-0.39, 0.29) is 0 Å². The molecule has 0 radical (unpaired) electrons. The second kappa shape index (κ2) is 4.29. The van der Waals surface area contributed by atoms with Gasteiger partial charge in [-0.25, -0.2) is 9.97 Å². The maximum atomic E-state index is 4.65. The number of hydrogen-bond donors (Lipinski definition) is 2. The van der Waals surface area contributed by atoms with Crippen LogP contribution >= 0.6 is 0 Å². The maximum absolute atomic E-state index is 4.65. The molecule has 110 valence electrons. The molecule has 2 heterocycles. The first-order chi connectivity index (χ1) is 10.3. The van der Waals surface area contributed by atoms with Gasteiger partial charge in [-0.05, 0) is 68.4 Å². The molecule has 2 aromatic heterocycles. The Labute approximate surface area is 124 Å². The third kappa shape index (κ3) is 2.00. The van der Waals surface area contributed by atoms with Crippen LogP contribution in [0.5, 0.6) is 0 Å². The highest BCUT2D eigenvalue weighted by molar-refractivity contribution is 5.69. The van der Waals surface area contributed by atoms with E-state index in [2.05, 4.69) is 20.3 Å². The van der Waals surface area contributed by atoms with Crippen molar-refractivity contribution >= 4 is 11.2 Å². The number of pyridine rings is 1. The number of imidazole rings is 1. The summed E-state index contributed by atoms with van der Waals surface area (Å²) in [6, 6.07) is 3.96. The number of aromatic amines is 1. The van der Waals surface area contributed by atoms with Crippen LogP contribution in [0.15, 0.2) is 18.3 Å². The zero-order chi connectivity index (χ0) is 13.9. The Balaban J connectivity index is 1.35. The van der Waals surface area contributed by atoms with E-state index in [1.54, 1.807) is 0 Å². The summed E-state index contributed by atoms with van der Waals surface area (Å²) in [5.74, 6) is 3.99. The highest BCUT2D eigenvalue weighted by Crippen LogP contribution is 2.55. The van der Waals surface area contributed by atoms with Gasteiger partial charge in [-0.1, -0.05) is 0 Å². The second-order valence-electron chi connectivity index (χ2n) is 7.61. The van der Waals surface area contributed by atoms with Crippen LogP contribution in [0.1, 0.15) is 44.3 Å². The standard InChI is InChI=1S/C17H22N4/c1-2-14-16(18-3-1)21-15(20-14)10-19-17-7-11-4-12(8-17)6-13(5-11)9-17/h1-3,11-13,19H,4-10H2,(H,18,20,21). The summed E-state index contributed by atoms with van der Waals surface area (Å²) in [7, 11) is 0. The quantitative estimate of drug-likeness (QED) is 0.910. The largest absolute Gasteiger partial charge is 0.326 e. The van der Waals surface area contributed by atoms with Gasteiger partial charge in [0.05, 0.1) is 6.54 Å². The maximum Gasteiger partial charge on any atom is 0.157 e. The van der Waals surface area contributed by atoms with Gasteiger partial charge < -0.3 is 10.3 Å². The lowest BCUT2D eigenvalue weighted by molar-refractivity contribution is -0.0208. The van der Waals surface area contributed by atoms with E-state index < -0.39 is 0 Å². The molecule has 0 saturated heterocycles. The van der Waals surface area contributed by atoms with E-state index in [0.29, 0.717) is 5.54 Å². The van der Waals surface area contributed by atoms with Gasteiger partial charge >= 0.3 is 0 Å². The molecule has 21 heavy (non-hydrogen) atoms. The summed E-state index contributed by atoms with van der Waals surface area (Å²) < 4.78 is 0. The normalized spacial score (nSPS) is 37.4. The molecule has 0 amide bonds. The van der Waals surface area contributed by atoms with Crippen molar-refractivity contribution < 1.29 is 0 Å². The monoisotopic (exact) mass is 282 g/mol. The summed E-state index contributed by atoms with van der Waals surface area (Å²) in [5, 5.41) is 3.88. The number of H-pyrrole nitrogens is 1. The SMILES string of the molecule is c1cnc2[nH]c(CNC34CC5CC(CC(C5)C3)C4)nc2c1. The van der Waals surface area contributed by atoms with Crippen LogP contribution in [0, 0.1) is 17.8 Å². The Morgan fingerprint density at radius 1 is 1.14 bits per heavy atom. The minimum atomic E-state index is 0.404. The highest BCUT2D eigenvalue weighted by atomic mass is 15.1. The van der Waals surface area contributed by atoms with Gasteiger partial charge in [-0.3, -0.25) is 0 Å². The molecule has 0 unspecified atom stereocenters. The van der Waals surface area contributed by atoms with Crippen LogP contribution in [-0.2, 0) is 6.54 Å². The average molecular weight is 282 g/mol. The summed E-state index contributed by atoms with van der Waals surface area (Å²) in [4.78, 5) is 12.3. The van der Waals surface area contributed by atoms with Gasteiger partial charge in [0.1, 0.15) is 11.3 Å². The number of fused-ring (bicyclic) bond motifs is 1. The Morgan fingerprint density at radius 3 is 2.52 bits per heavy atom. The van der Waals surface area contributed by atoms with E-state index in [4.69, 9.17) is 0 Å². The molecule has 0 aromatic carbocycles. The topological polar surface area (TPSA) is 53.6 Å². The van der Waals surface area contributed by atoms with Crippen molar-refractivity contribution in [2.24, 2.45) is 17.8 Å². The van der Waals surface area contributed by atoms with Crippen LogP contribution in [0.4, 0.5) is 0 Å². The fourth-order valence-corrected chi connectivity index (χ4v) is 5.58. The summed E-state index contributed by atoms with van der Waals surface area (Å²) >= 11 is 0. The Kier molecular flexibility index (Phi) is 2.48. The number of aromatic nitrogens is 3. The fraction of sp³-hybridized carbons (Fsp3) is 0.647. The smallest absolute Gasteiger partial charge is 0.157 e. The van der Waals surface area contributed by atoms with Crippen LogP contribution in [-0.4, -0.2) is 20.5 Å². The van der Waals surface area contributed by atoms with Gasteiger partial charge in [0.2, 0.25) is 0 Å². The van der Waals surface area contributed by atoms with Gasteiger partial charge in [-0.2, -0.15) is 0 Å². The molecule has 4 fully saturated rings. The lowest BCUT2D eigenvalue weighted by Crippen LogP contribution is -2.58. The van der Waals surface area contributed by atoms with Crippen molar-refractivity contribution in [2.45, 2.75) is 50.6 Å². The molecule has 0 aliphatic heterocycles. The second-order valence-corrected chi connectivity index (χ2v) is 7.61. The van der Waals surface area contributed by atoms with E-state index >= 15 is 0 Å². The van der Waals surface area contributed by atoms with Crippen molar-refractivity contribution in [3.8, 4) is 0 Å². The zero-order valence-electron chi connectivity index (χ0n) is 12.3. The van der Waals surface area contributed by atoms with Crippen molar-refractivity contribution in [1.29, 1.82) is 0 Å². The number of rotatable bonds is 3. The van der Waals surface area contributed by atoms with Gasteiger partial charge in [0.25, 0.3) is 0 Å². The first-order valence-electron chi connectivity index (χ1n) is 8.33. The molecular formula is C17H22N4. The molecule has 4 bridgehead atoms. The molecule has 4 aliphatic rings. The summed E-state index contributed by atoms with van der Waals surface area (Å²) in [6.07, 6.45) is 10.5. The predicted molar refractivity (Wildman–Crippen MR) is 81.6 cm³/mol. The lowest BCUT2D eigenvalue weighted by Gasteiger charge is -2.57. The van der Waals surface area contributed by atoms with Crippen molar-refractivity contribution in [1.82, 2.24) is 20.3 Å². The Morgan fingerprint density at radius 2 is 1.86 bits per heavy atom. The average Bonchev–Trinajstić information content (AvgIpc) is 2.87. The van der Waals surface area contributed by atoms with E-state index in [1.165, 1.54) is 38.5 Å². The Hall–Kier alpha value is -1.42. The third-order valence-electron chi connectivity index (χ3n) is 5.97. The van der Waals surface area contributed by atoms with Gasteiger partial charge in [-0.15, -0.1) is 0 Å². The van der Waals surface area contributed by atoms with Crippen LogP contribution in [0.2, 0.25) is 0 Å². The lowest BCUT2D eigenvalue weighted by atomic mass is 9.53. The summed E-state index contributed by atoms with van der Waals surface area (Å²) in [6.45, 7) is 0.850. The van der Waals surface area contributed by atoms with Crippen molar-refractivity contribution in [2.75, 3.05) is 0 Å². The first kappa shape index (κ1) is 12.2. The van der Waals surface area contributed by atoms with Crippen LogP contribution < -0.4 is 5.32 Å². The minimum absolute atomic E-state index is 0.404. The number of nitrogens with one attached hydrogen (secondary N) is 2. The van der Waals surface area contributed by atoms with Gasteiger partial charge in [0, 0.05) is 11.7 Å². The molecule has 0 spiro atoms. The van der Waals surface area contributed by atoms with Crippen molar-refractivity contribution in [3.63, 3.8) is 0 Å². The molecule has 4 nitrogen and oxygen atoms in total. The molecule has 0 atom stereocenters. The van der Waals surface area contributed by atoms with Crippen LogP contribution in [0.3, 0.4) is 0 Å². The molecule has 2 aromatic rings.